The molecule has 1 aliphatic heterocycles. The topological polar surface area (TPSA) is 49.4 Å². The van der Waals surface area contributed by atoms with Crippen LogP contribution in [0.1, 0.15) is 46.0 Å². The molecule has 1 saturated carbocycles. The first kappa shape index (κ1) is 12.4. The van der Waals surface area contributed by atoms with Crippen LogP contribution in [0.4, 0.5) is 0 Å². The predicted molar refractivity (Wildman–Crippen MR) is 65.4 cm³/mol. The summed E-state index contributed by atoms with van der Waals surface area (Å²) in [5.41, 5.74) is -0.701. The quantitative estimate of drug-likeness (QED) is 0.751. The number of nitrogens with one attached hydrogen (secondary N) is 1. The molecule has 1 aliphatic carbocycles. The van der Waals surface area contributed by atoms with Crippen molar-refractivity contribution in [2.24, 2.45) is 5.41 Å². The second-order valence-electron chi connectivity index (χ2n) is 5.36. The van der Waals surface area contributed by atoms with Crippen molar-refractivity contribution in [2.45, 2.75) is 52.0 Å². The highest BCUT2D eigenvalue weighted by Gasteiger charge is 2.58. The Hall–Kier alpha value is -1.06. The van der Waals surface area contributed by atoms with E-state index >= 15 is 0 Å². The Morgan fingerprint density at radius 2 is 1.88 bits per heavy atom. The van der Waals surface area contributed by atoms with E-state index in [1.807, 2.05) is 18.7 Å². The number of nitrogens with zero attached hydrogens (tertiary/aromatic N) is 1. The van der Waals surface area contributed by atoms with Crippen LogP contribution in [-0.4, -0.2) is 35.8 Å². The van der Waals surface area contributed by atoms with Gasteiger partial charge in [-0.2, -0.15) is 0 Å². The molecule has 2 fully saturated rings. The molecule has 96 valence electrons. The fourth-order valence-corrected chi connectivity index (χ4v) is 2.35. The number of amides is 2. The molecule has 1 atom stereocenters. The lowest BCUT2D eigenvalue weighted by Gasteiger charge is -2.23. The average molecular weight is 238 g/mol. The minimum Gasteiger partial charge on any atom is -0.353 e. The first-order chi connectivity index (χ1) is 8.10. The van der Waals surface area contributed by atoms with Crippen molar-refractivity contribution in [2.75, 3.05) is 13.1 Å². The van der Waals surface area contributed by atoms with E-state index < -0.39 is 5.41 Å². The molecule has 4 heteroatoms. The first-order valence-corrected chi connectivity index (χ1v) is 6.70. The van der Waals surface area contributed by atoms with E-state index in [0.717, 1.165) is 45.2 Å². The standard InChI is InChI=1S/C13H22N2O2/c1-3-10(2)14-11(16)13(6-7-13)12(17)15-8-4-5-9-15/h10H,3-9H2,1-2H3,(H,14,16). The normalized spacial score (nSPS) is 23.3. The molecule has 2 rings (SSSR count). The van der Waals surface area contributed by atoms with E-state index in [-0.39, 0.29) is 17.9 Å². The Bertz CT molecular complexity index is 317. The molecule has 4 nitrogen and oxygen atoms in total. The van der Waals surface area contributed by atoms with Gasteiger partial charge in [-0.05, 0) is 39.0 Å². The number of hydrogen-bond acceptors (Lipinski definition) is 2. The molecule has 0 radical (unpaired) electrons. The highest BCUT2D eigenvalue weighted by molar-refractivity contribution is 6.08. The van der Waals surface area contributed by atoms with Gasteiger partial charge in [-0.25, -0.2) is 0 Å². The minimum atomic E-state index is -0.701. The highest BCUT2D eigenvalue weighted by atomic mass is 16.2. The number of rotatable bonds is 4. The summed E-state index contributed by atoms with van der Waals surface area (Å²) in [5.74, 6) is 0.0135. The predicted octanol–water partition coefficient (Wildman–Crippen LogP) is 1.30. The number of carbonyl (C=O) groups is 2. The smallest absolute Gasteiger partial charge is 0.238 e. The molecule has 0 aromatic heterocycles. The van der Waals surface area contributed by atoms with E-state index in [9.17, 15) is 9.59 Å². The van der Waals surface area contributed by atoms with Gasteiger partial charge in [0.05, 0.1) is 0 Å². The largest absolute Gasteiger partial charge is 0.353 e. The summed E-state index contributed by atoms with van der Waals surface area (Å²) in [6, 6.07) is 0.159. The van der Waals surface area contributed by atoms with Crippen LogP contribution in [0.3, 0.4) is 0 Å². The van der Waals surface area contributed by atoms with Crippen molar-refractivity contribution >= 4 is 11.8 Å². The zero-order valence-corrected chi connectivity index (χ0v) is 10.8. The summed E-state index contributed by atoms with van der Waals surface area (Å²) in [5, 5.41) is 2.95. The Morgan fingerprint density at radius 1 is 1.29 bits per heavy atom. The van der Waals surface area contributed by atoms with Crippen molar-refractivity contribution in [1.29, 1.82) is 0 Å². The average Bonchev–Trinajstić information content (AvgIpc) is 2.96. The molecule has 1 N–H and O–H groups in total. The van der Waals surface area contributed by atoms with E-state index in [4.69, 9.17) is 0 Å². The van der Waals surface area contributed by atoms with Crippen LogP contribution in [0.15, 0.2) is 0 Å². The third-order valence-corrected chi connectivity index (χ3v) is 3.98. The van der Waals surface area contributed by atoms with Gasteiger partial charge in [0.15, 0.2) is 0 Å². The van der Waals surface area contributed by atoms with Crippen molar-refractivity contribution in [1.82, 2.24) is 10.2 Å². The third-order valence-electron chi connectivity index (χ3n) is 3.98. The second kappa shape index (κ2) is 4.67. The Morgan fingerprint density at radius 3 is 2.35 bits per heavy atom. The summed E-state index contributed by atoms with van der Waals surface area (Å²) in [6.45, 7) is 5.68. The van der Waals surface area contributed by atoms with E-state index in [1.54, 1.807) is 0 Å². The molecule has 0 aromatic rings. The monoisotopic (exact) mass is 238 g/mol. The Balaban J connectivity index is 1.98. The van der Waals surface area contributed by atoms with Crippen LogP contribution in [0.5, 0.6) is 0 Å². The summed E-state index contributed by atoms with van der Waals surface area (Å²) < 4.78 is 0. The van der Waals surface area contributed by atoms with Crippen LogP contribution < -0.4 is 5.32 Å². The van der Waals surface area contributed by atoms with Gasteiger partial charge in [0, 0.05) is 19.1 Å². The molecule has 1 heterocycles. The lowest BCUT2D eigenvalue weighted by Crippen LogP contribution is -2.46. The van der Waals surface area contributed by atoms with Gasteiger partial charge in [0.2, 0.25) is 11.8 Å². The van der Waals surface area contributed by atoms with Gasteiger partial charge in [0.1, 0.15) is 5.41 Å². The molecule has 1 unspecified atom stereocenters. The Labute approximate surface area is 103 Å². The van der Waals surface area contributed by atoms with Crippen molar-refractivity contribution < 1.29 is 9.59 Å². The zero-order chi connectivity index (χ0) is 12.5. The second-order valence-corrected chi connectivity index (χ2v) is 5.36. The minimum absolute atomic E-state index is 0.0521. The number of likely N-dealkylation sites (tertiary alicyclic amines) is 1. The third kappa shape index (κ3) is 2.31. The maximum atomic E-state index is 12.3. The van der Waals surface area contributed by atoms with E-state index in [0.29, 0.717) is 0 Å². The van der Waals surface area contributed by atoms with Crippen molar-refractivity contribution in [3.63, 3.8) is 0 Å². The molecule has 0 spiro atoms. The SMILES string of the molecule is CCC(C)NC(=O)C1(C(=O)N2CCCC2)CC1. The molecule has 2 aliphatic rings. The molecule has 2 amide bonds. The first-order valence-electron chi connectivity index (χ1n) is 6.70. The lowest BCUT2D eigenvalue weighted by molar-refractivity contribution is -0.143. The maximum Gasteiger partial charge on any atom is 0.238 e. The summed E-state index contributed by atoms with van der Waals surface area (Å²) >= 11 is 0. The van der Waals surface area contributed by atoms with E-state index in [2.05, 4.69) is 5.32 Å². The molecule has 17 heavy (non-hydrogen) atoms. The molecular formula is C13H22N2O2. The zero-order valence-electron chi connectivity index (χ0n) is 10.8. The van der Waals surface area contributed by atoms with Gasteiger partial charge in [0.25, 0.3) is 0 Å². The van der Waals surface area contributed by atoms with E-state index in [1.165, 1.54) is 0 Å². The molecular weight excluding hydrogens is 216 g/mol. The number of hydrogen-bond donors (Lipinski definition) is 1. The van der Waals surface area contributed by atoms with Crippen LogP contribution in [0.2, 0.25) is 0 Å². The van der Waals surface area contributed by atoms with Crippen LogP contribution in [0, 0.1) is 5.41 Å². The molecule has 0 bridgehead atoms. The van der Waals surface area contributed by atoms with Crippen molar-refractivity contribution in [3.8, 4) is 0 Å². The fraction of sp³-hybridized carbons (Fsp3) is 0.846. The summed E-state index contributed by atoms with van der Waals surface area (Å²) in [4.78, 5) is 26.3. The lowest BCUT2D eigenvalue weighted by atomic mass is 10.0. The van der Waals surface area contributed by atoms with Crippen LogP contribution >= 0.6 is 0 Å². The van der Waals surface area contributed by atoms with Crippen molar-refractivity contribution in [3.05, 3.63) is 0 Å². The van der Waals surface area contributed by atoms with Gasteiger partial charge in [-0.1, -0.05) is 6.92 Å². The summed E-state index contributed by atoms with van der Waals surface area (Å²) in [6.07, 6.45) is 4.51. The van der Waals surface area contributed by atoms with Gasteiger partial charge < -0.3 is 10.2 Å². The maximum absolute atomic E-state index is 12.3. The van der Waals surface area contributed by atoms with Crippen LogP contribution in [0.25, 0.3) is 0 Å². The molecule has 0 aromatic carbocycles. The highest BCUT2D eigenvalue weighted by Crippen LogP contribution is 2.48. The van der Waals surface area contributed by atoms with Gasteiger partial charge >= 0.3 is 0 Å². The summed E-state index contributed by atoms with van der Waals surface area (Å²) in [7, 11) is 0. The fourth-order valence-electron chi connectivity index (χ4n) is 2.35. The molecule has 1 saturated heterocycles. The van der Waals surface area contributed by atoms with Gasteiger partial charge in [-0.3, -0.25) is 9.59 Å². The van der Waals surface area contributed by atoms with Crippen LogP contribution in [-0.2, 0) is 9.59 Å². The van der Waals surface area contributed by atoms with Gasteiger partial charge in [-0.15, -0.1) is 0 Å². The number of carbonyl (C=O) groups excluding carboxylic acids is 2. The Kier molecular flexibility index (Phi) is 3.40.